The highest BCUT2D eigenvalue weighted by atomic mass is 35.5. The van der Waals surface area contributed by atoms with Crippen molar-refractivity contribution in [3.8, 4) is 0 Å². The normalized spacial score (nSPS) is 19.6. The fourth-order valence-electron chi connectivity index (χ4n) is 1.70. The van der Waals surface area contributed by atoms with Crippen LogP contribution in [0.2, 0.25) is 10.0 Å². The van der Waals surface area contributed by atoms with Gasteiger partial charge in [0, 0.05) is 16.3 Å². The molecule has 0 spiro atoms. The molecule has 2 rings (SSSR count). The fourth-order valence-corrected chi connectivity index (χ4v) is 2.21. The molecule has 1 heterocycles. The van der Waals surface area contributed by atoms with E-state index in [1.807, 2.05) is 0 Å². The number of carboxylic acids is 1. The van der Waals surface area contributed by atoms with Crippen LogP contribution in [0, 0.1) is 0 Å². The molecule has 1 unspecified atom stereocenters. The van der Waals surface area contributed by atoms with E-state index in [4.69, 9.17) is 28.3 Å². The van der Waals surface area contributed by atoms with E-state index in [2.05, 4.69) is 4.99 Å². The predicted molar refractivity (Wildman–Crippen MR) is 63.7 cm³/mol. The number of halogens is 2. The van der Waals surface area contributed by atoms with E-state index in [0.29, 0.717) is 22.9 Å². The molecule has 0 radical (unpaired) electrons. The number of nitrogens with zero attached hydrogens (tertiary/aromatic N) is 1. The van der Waals surface area contributed by atoms with E-state index >= 15 is 0 Å². The van der Waals surface area contributed by atoms with Crippen molar-refractivity contribution in [2.45, 2.75) is 18.9 Å². The van der Waals surface area contributed by atoms with Crippen molar-refractivity contribution in [1.29, 1.82) is 0 Å². The second-order valence-electron chi connectivity index (χ2n) is 3.59. The molecule has 0 aliphatic carbocycles. The van der Waals surface area contributed by atoms with Crippen molar-refractivity contribution < 1.29 is 9.90 Å². The second-order valence-corrected chi connectivity index (χ2v) is 4.44. The summed E-state index contributed by atoms with van der Waals surface area (Å²) < 4.78 is 0. The van der Waals surface area contributed by atoms with Crippen LogP contribution in [0.5, 0.6) is 0 Å². The molecule has 0 bridgehead atoms. The summed E-state index contributed by atoms with van der Waals surface area (Å²) in [6.45, 7) is 0. The number of hydrogen-bond donors (Lipinski definition) is 1. The largest absolute Gasteiger partial charge is 0.480 e. The molecule has 0 aromatic heterocycles. The number of hydrogen-bond acceptors (Lipinski definition) is 2. The van der Waals surface area contributed by atoms with Crippen LogP contribution in [0.1, 0.15) is 18.4 Å². The first-order valence-corrected chi connectivity index (χ1v) is 5.58. The summed E-state index contributed by atoms with van der Waals surface area (Å²) in [7, 11) is 0. The maximum absolute atomic E-state index is 10.8. The van der Waals surface area contributed by atoms with Crippen LogP contribution in [0.15, 0.2) is 23.2 Å². The third-order valence-corrected chi connectivity index (χ3v) is 3.04. The van der Waals surface area contributed by atoms with Gasteiger partial charge >= 0.3 is 5.97 Å². The van der Waals surface area contributed by atoms with Crippen LogP contribution in [0.3, 0.4) is 0 Å². The van der Waals surface area contributed by atoms with Crippen LogP contribution in [0.4, 0.5) is 0 Å². The minimum Gasteiger partial charge on any atom is -0.480 e. The quantitative estimate of drug-likeness (QED) is 0.886. The highest BCUT2D eigenvalue weighted by Crippen LogP contribution is 2.26. The van der Waals surface area contributed by atoms with Gasteiger partial charge in [-0.1, -0.05) is 29.3 Å². The van der Waals surface area contributed by atoms with Gasteiger partial charge in [-0.2, -0.15) is 0 Å². The molecule has 5 heteroatoms. The number of rotatable bonds is 2. The Morgan fingerprint density at radius 3 is 2.75 bits per heavy atom. The molecule has 3 nitrogen and oxygen atoms in total. The van der Waals surface area contributed by atoms with E-state index in [1.165, 1.54) is 0 Å². The zero-order valence-electron chi connectivity index (χ0n) is 8.28. The maximum Gasteiger partial charge on any atom is 0.328 e. The summed E-state index contributed by atoms with van der Waals surface area (Å²) >= 11 is 11.8. The highest BCUT2D eigenvalue weighted by Gasteiger charge is 2.25. The van der Waals surface area contributed by atoms with Crippen molar-refractivity contribution in [2.24, 2.45) is 4.99 Å². The molecule has 0 saturated heterocycles. The predicted octanol–water partition coefficient (Wildman–Crippen LogP) is 3.03. The Bertz CT molecular complexity index is 471. The molecule has 16 heavy (non-hydrogen) atoms. The standard InChI is InChI=1S/C11H9Cl2NO2/c12-6-1-2-7(8(13)5-6)9-3-4-10(14-9)11(15)16/h1-2,5,10H,3-4H2,(H,15,16). The number of aliphatic carboxylic acids is 1. The third-order valence-electron chi connectivity index (χ3n) is 2.49. The zero-order chi connectivity index (χ0) is 11.7. The van der Waals surface area contributed by atoms with Gasteiger partial charge in [-0.15, -0.1) is 0 Å². The Balaban J connectivity index is 2.32. The first-order valence-electron chi connectivity index (χ1n) is 4.83. The number of benzene rings is 1. The van der Waals surface area contributed by atoms with Crippen molar-refractivity contribution in [1.82, 2.24) is 0 Å². The lowest BCUT2D eigenvalue weighted by Crippen LogP contribution is -2.13. The topological polar surface area (TPSA) is 49.7 Å². The summed E-state index contributed by atoms with van der Waals surface area (Å²) in [6, 6.07) is 4.49. The molecule has 84 valence electrons. The molecule has 1 aromatic rings. The Hall–Kier alpha value is -1.06. The smallest absolute Gasteiger partial charge is 0.328 e. The van der Waals surface area contributed by atoms with Crippen LogP contribution < -0.4 is 0 Å². The molecule has 1 N–H and O–H groups in total. The average Bonchev–Trinajstić information content (AvgIpc) is 2.66. The molecule has 0 saturated carbocycles. The first-order chi connectivity index (χ1) is 7.58. The molecule has 0 fully saturated rings. The number of aliphatic imine (C=N–C) groups is 1. The minimum atomic E-state index is -0.889. The molecular weight excluding hydrogens is 249 g/mol. The second kappa shape index (κ2) is 4.44. The van der Waals surface area contributed by atoms with Crippen LogP contribution in [-0.4, -0.2) is 22.8 Å². The summed E-state index contributed by atoms with van der Waals surface area (Å²) in [5.74, 6) is -0.889. The van der Waals surface area contributed by atoms with Crippen molar-refractivity contribution in [3.63, 3.8) is 0 Å². The van der Waals surface area contributed by atoms with Crippen LogP contribution in [0.25, 0.3) is 0 Å². The Morgan fingerprint density at radius 1 is 1.44 bits per heavy atom. The number of carboxylic acid groups (broad SMARTS) is 1. The Kier molecular flexibility index (Phi) is 3.17. The zero-order valence-corrected chi connectivity index (χ0v) is 9.79. The van der Waals surface area contributed by atoms with Gasteiger partial charge in [0.25, 0.3) is 0 Å². The fraction of sp³-hybridized carbons (Fsp3) is 0.273. The maximum atomic E-state index is 10.8. The van der Waals surface area contributed by atoms with E-state index in [-0.39, 0.29) is 0 Å². The first kappa shape index (κ1) is 11.4. The van der Waals surface area contributed by atoms with Crippen LogP contribution in [-0.2, 0) is 4.79 Å². The lowest BCUT2D eigenvalue weighted by Gasteiger charge is -2.03. The Morgan fingerprint density at radius 2 is 2.19 bits per heavy atom. The number of carbonyl (C=O) groups is 1. The van der Waals surface area contributed by atoms with Gasteiger partial charge in [-0.05, 0) is 25.0 Å². The van der Waals surface area contributed by atoms with E-state index in [0.717, 1.165) is 11.3 Å². The molecular formula is C11H9Cl2NO2. The molecule has 1 aliphatic heterocycles. The lowest BCUT2D eigenvalue weighted by molar-refractivity contribution is -0.138. The molecule has 1 aliphatic rings. The van der Waals surface area contributed by atoms with Gasteiger partial charge in [0.15, 0.2) is 0 Å². The van der Waals surface area contributed by atoms with E-state index in [1.54, 1.807) is 18.2 Å². The lowest BCUT2D eigenvalue weighted by atomic mass is 10.1. The molecule has 0 amide bonds. The highest BCUT2D eigenvalue weighted by molar-refractivity contribution is 6.37. The van der Waals surface area contributed by atoms with Crippen LogP contribution >= 0.6 is 23.2 Å². The van der Waals surface area contributed by atoms with Gasteiger partial charge < -0.3 is 5.11 Å². The summed E-state index contributed by atoms with van der Waals surface area (Å²) in [4.78, 5) is 14.9. The van der Waals surface area contributed by atoms with E-state index < -0.39 is 12.0 Å². The minimum absolute atomic E-state index is 0.511. The molecule has 1 aromatic carbocycles. The Labute approximate surface area is 103 Å². The van der Waals surface area contributed by atoms with Crippen molar-refractivity contribution >= 4 is 34.9 Å². The van der Waals surface area contributed by atoms with Gasteiger partial charge in [-0.3, -0.25) is 4.99 Å². The summed E-state index contributed by atoms with van der Waals surface area (Å²) in [5.41, 5.74) is 1.52. The third kappa shape index (κ3) is 2.20. The van der Waals surface area contributed by atoms with Gasteiger partial charge in [-0.25, -0.2) is 4.79 Å². The molecule has 1 atom stereocenters. The SMILES string of the molecule is O=C(O)C1CCC(c2ccc(Cl)cc2Cl)=N1. The van der Waals surface area contributed by atoms with Crippen molar-refractivity contribution in [2.75, 3.05) is 0 Å². The van der Waals surface area contributed by atoms with Gasteiger partial charge in [0.2, 0.25) is 0 Å². The summed E-state index contributed by atoms with van der Waals surface area (Å²) in [6.07, 6.45) is 1.17. The van der Waals surface area contributed by atoms with Crippen molar-refractivity contribution in [3.05, 3.63) is 33.8 Å². The van der Waals surface area contributed by atoms with Gasteiger partial charge in [0.1, 0.15) is 6.04 Å². The van der Waals surface area contributed by atoms with Gasteiger partial charge in [0.05, 0.1) is 5.02 Å². The average molecular weight is 258 g/mol. The summed E-state index contributed by atoms with van der Waals surface area (Å²) in [5, 5.41) is 9.90. The monoisotopic (exact) mass is 257 g/mol. The van der Waals surface area contributed by atoms with E-state index in [9.17, 15) is 4.79 Å².